The number of imide groups is 1. The fourth-order valence-electron chi connectivity index (χ4n) is 7.67. The number of carbonyl (C=O) groups is 4. The first-order valence-corrected chi connectivity index (χ1v) is 15.9. The first kappa shape index (κ1) is 29.7. The van der Waals surface area contributed by atoms with Crippen molar-refractivity contribution in [3.05, 3.63) is 137 Å². The van der Waals surface area contributed by atoms with Crippen LogP contribution in [-0.2, 0) is 19.1 Å². The summed E-state index contributed by atoms with van der Waals surface area (Å²) in [5, 5.41) is 0. The lowest BCUT2D eigenvalue weighted by molar-refractivity contribution is -0.147. The van der Waals surface area contributed by atoms with Crippen LogP contribution in [0.4, 0.5) is 0 Å². The Morgan fingerprint density at radius 3 is 1.72 bits per heavy atom. The number of hydrogen-bond donors (Lipinski definition) is 0. The van der Waals surface area contributed by atoms with Crippen LogP contribution in [0.2, 0.25) is 0 Å². The lowest BCUT2D eigenvalue weighted by Gasteiger charge is -2.45. The van der Waals surface area contributed by atoms with E-state index in [-0.39, 0.29) is 47.7 Å². The fourth-order valence-corrected chi connectivity index (χ4v) is 7.67. The van der Waals surface area contributed by atoms with Crippen LogP contribution in [0, 0.1) is 11.8 Å². The monoisotopic (exact) mass is 613 g/mol. The molecule has 1 aliphatic heterocycles. The number of ketones is 1. The minimum absolute atomic E-state index is 0.0869. The fraction of sp³-hybridized carbons (Fsp3) is 0.282. The lowest BCUT2D eigenvalue weighted by atomic mass is 9.55. The van der Waals surface area contributed by atoms with Crippen molar-refractivity contribution in [1.29, 1.82) is 0 Å². The number of likely N-dealkylation sites (tertiary alicyclic amines) is 1. The van der Waals surface area contributed by atoms with Crippen LogP contribution in [-0.4, -0.2) is 42.1 Å². The Morgan fingerprint density at radius 2 is 1.20 bits per heavy atom. The van der Waals surface area contributed by atoms with Crippen molar-refractivity contribution < 1.29 is 28.7 Å². The van der Waals surface area contributed by atoms with E-state index in [9.17, 15) is 19.2 Å². The van der Waals surface area contributed by atoms with E-state index in [4.69, 9.17) is 9.47 Å². The Balaban J connectivity index is 0.969. The standard InChI is InChI=1S/C39H35NO6/c1-45-26-21-19-24(20-22-26)36(42)37(25-12-4-2-5-13-25)46-31(41)18-6-3-11-23-40-38(43)34-32-27-14-7-8-15-28(27)33(35(34)39(40)44)30-17-10-9-16-29(30)32/h2,4-5,7-10,12-17,19-22,32-35,37H,3,6,11,18,23H2,1H3/t32?,33?,34-,35-,37-/m1/s1. The third kappa shape index (κ3) is 5.10. The summed E-state index contributed by atoms with van der Waals surface area (Å²) in [6, 6.07) is 32.2. The Morgan fingerprint density at radius 1 is 0.674 bits per heavy atom. The van der Waals surface area contributed by atoms with Crippen molar-refractivity contribution in [2.75, 3.05) is 13.7 Å². The Hall–Kier alpha value is -5.04. The van der Waals surface area contributed by atoms with Crippen molar-refractivity contribution in [2.24, 2.45) is 11.8 Å². The van der Waals surface area contributed by atoms with Gasteiger partial charge in [-0.1, -0.05) is 85.3 Å². The molecule has 0 spiro atoms. The maximum Gasteiger partial charge on any atom is 0.306 e. The van der Waals surface area contributed by atoms with Crippen LogP contribution in [0.1, 0.15) is 81.8 Å². The largest absolute Gasteiger partial charge is 0.497 e. The smallest absolute Gasteiger partial charge is 0.306 e. The van der Waals surface area contributed by atoms with E-state index in [0.717, 1.165) is 22.3 Å². The van der Waals surface area contributed by atoms with Crippen LogP contribution >= 0.6 is 0 Å². The molecule has 3 aliphatic carbocycles. The molecule has 8 rings (SSSR count). The number of rotatable bonds is 11. The number of hydrogen-bond acceptors (Lipinski definition) is 6. The molecule has 2 bridgehead atoms. The van der Waals surface area contributed by atoms with Crippen molar-refractivity contribution in [3.63, 3.8) is 0 Å². The first-order valence-electron chi connectivity index (χ1n) is 15.9. The molecule has 46 heavy (non-hydrogen) atoms. The van der Waals surface area contributed by atoms with Gasteiger partial charge in [0.15, 0.2) is 6.10 Å². The van der Waals surface area contributed by atoms with Gasteiger partial charge in [-0.25, -0.2) is 0 Å². The number of unbranched alkanes of at least 4 members (excludes halogenated alkanes) is 2. The third-order valence-corrected chi connectivity index (χ3v) is 9.77. The maximum atomic E-state index is 13.8. The average molecular weight is 614 g/mol. The zero-order chi connectivity index (χ0) is 31.8. The molecular formula is C39H35NO6. The molecule has 7 nitrogen and oxygen atoms in total. The van der Waals surface area contributed by atoms with Gasteiger partial charge in [0.2, 0.25) is 17.6 Å². The van der Waals surface area contributed by atoms with Crippen molar-refractivity contribution >= 4 is 23.6 Å². The molecule has 1 saturated heterocycles. The normalized spacial score (nSPS) is 21.3. The van der Waals surface area contributed by atoms with Crippen molar-refractivity contribution in [3.8, 4) is 5.75 Å². The van der Waals surface area contributed by atoms with Gasteiger partial charge >= 0.3 is 5.97 Å². The highest BCUT2D eigenvalue weighted by Crippen LogP contribution is 2.60. The average Bonchev–Trinajstić information content (AvgIpc) is 3.36. The van der Waals surface area contributed by atoms with E-state index in [0.29, 0.717) is 42.7 Å². The third-order valence-electron chi connectivity index (χ3n) is 9.77. The van der Waals surface area contributed by atoms with Gasteiger partial charge in [0.25, 0.3) is 0 Å². The number of benzene rings is 4. The molecule has 0 aromatic heterocycles. The highest BCUT2D eigenvalue weighted by molar-refractivity contribution is 6.07. The topological polar surface area (TPSA) is 90.0 Å². The predicted octanol–water partition coefficient (Wildman–Crippen LogP) is 6.62. The second-order valence-corrected chi connectivity index (χ2v) is 12.3. The second kappa shape index (κ2) is 12.4. The molecule has 0 N–H and O–H groups in total. The first-order chi connectivity index (χ1) is 22.5. The Labute approximate surface area is 268 Å². The van der Waals surface area contributed by atoms with Gasteiger partial charge in [0, 0.05) is 35.9 Å². The molecule has 0 unspecified atom stereocenters. The highest BCUT2D eigenvalue weighted by Gasteiger charge is 2.61. The SMILES string of the molecule is COc1ccc(C(=O)[C@H](OC(=O)CCCCCN2C(=O)[C@@H]3C4c5ccccc5C(c5ccccc54)[C@H]3C2=O)c2ccccc2)cc1. The van der Waals surface area contributed by atoms with Gasteiger partial charge in [-0.05, 0) is 59.4 Å². The molecular weight excluding hydrogens is 578 g/mol. The number of amides is 2. The molecule has 232 valence electrons. The zero-order valence-corrected chi connectivity index (χ0v) is 25.6. The summed E-state index contributed by atoms with van der Waals surface area (Å²) in [5.41, 5.74) is 5.66. The van der Waals surface area contributed by atoms with Gasteiger partial charge < -0.3 is 9.47 Å². The zero-order valence-electron chi connectivity index (χ0n) is 25.6. The summed E-state index contributed by atoms with van der Waals surface area (Å²) in [4.78, 5) is 55.4. The van der Waals surface area contributed by atoms with Crippen molar-refractivity contribution in [2.45, 2.75) is 43.6 Å². The Kier molecular flexibility index (Phi) is 7.99. The van der Waals surface area contributed by atoms with Gasteiger partial charge in [-0.3, -0.25) is 24.1 Å². The van der Waals surface area contributed by atoms with Crippen LogP contribution in [0.15, 0.2) is 103 Å². The van der Waals surface area contributed by atoms with Crippen LogP contribution in [0.25, 0.3) is 0 Å². The van der Waals surface area contributed by atoms with Gasteiger partial charge in [0.1, 0.15) is 5.75 Å². The van der Waals surface area contributed by atoms with E-state index >= 15 is 0 Å². The lowest BCUT2D eigenvalue weighted by Crippen LogP contribution is -2.41. The maximum absolute atomic E-state index is 13.8. The van der Waals surface area contributed by atoms with E-state index in [1.165, 1.54) is 4.90 Å². The number of ether oxygens (including phenoxy) is 2. The highest BCUT2D eigenvalue weighted by atomic mass is 16.5. The van der Waals surface area contributed by atoms with Crippen LogP contribution in [0.3, 0.4) is 0 Å². The molecule has 3 atom stereocenters. The molecule has 2 amide bonds. The molecule has 4 aromatic rings. The second-order valence-electron chi connectivity index (χ2n) is 12.3. The number of carbonyl (C=O) groups excluding carboxylic acids is 4. The quantitative estimate of drug-likeness (QED) is 0.0818. The minimum atomic E-state index is -1.06. The molecule has 1 fully saturated rings. The summed E-state index contributed by atoms with van der Waals surface area (Å²) in [5.74, 6) is -1.31. The molecule has 0 saturated carbocycles. The van der Waals surface area contributed by atoms with Gasteiger partial charge in [0.05, 0.1) is 18.9 Å². The summed E-state index contributed by atoms with van der Waals surface area (Å²) in [6.07, 6.45) is 0.807. The van der Waals surface area contributed by atoms with E-state index in [1.54, 1.807) is 55.6 Å². The predicted molar refractivity (Wildman–Crippen MR) is 171 cm³/mol. The number of methoxy groups -OCH3 is 1. The summed E-state index contributed by atoms with van der Waals surface area (Å²) in [7, 11) is 1.56. The van der Waals surface area contributed by atoms with Gasteiger partial charge in [-0.15, -0.1) is 0 Å². The number of esters is 1. The molecule has 0 radical (unpaired) electrons. The molecule has 4 aliphatic rings. The van der Waals surface area contributed by atoms with E-state index in [1.807, 2.05) is 30.3 Å². The molecule has 1 heterocycles. The summed E-state index contributed by atoms with van der Waals surface area (Å²) < 4.78 is 10.9. The number of Topliss-reactive ketones (excluding diaryl/α,β-unsaturated/α-hetero) is 1. The minimum Gasteiger partial charge on any atom is -0.497 e. The Bertz CT molecular complexity index is 1680. The number of nitrogens with zero attached hydrogens (tertiary/aromatic N) is 1. The van der Waals surface area contributed by atoms with E-state index in [2.05, 4.69) is 24.3 Å². The molecule has 7 heteroatoms. The molecule has 4 aromatic carbocycles. The van der Waals surface area contributed by atoms with E-state index < -0.39 is 12.1 Å². The van der Waals surface area contributed by atoms with Crippen molar-refractivity contribution in [1.82, 2.24) is 4.90 Å². The van der Waals surface area contributed by atoms with Crippen LogP contribution in [0.5, 0.6) is 5.75 Å². The summed E-state index contributed by atoms with van der Waals surface area (Å²) >= 11 is 0. The van der Waals surface area contributed by atoms with Crippen LogP contribution < -0.4 is 4.74 Å². The van der Waals surface area contributed by atoms with Gasteiger partial charge in [-0.2, -0.15) is 0 Å². The summed E-state index contributed by atoms with van der Waals surface area (Å²) in [6.45, 7) is 0.328.